The first-order valence-electron chi connectivity index (χ1n) is 6.04. The van der Waals surface area contributed by atoms with Crippen molar-refractivity contribution in [2.24, 2.45) is 0 Å². The van der Waals surface area contributed by atoms with Crippen molar-refractivity contribution in [2.75, 3.05) is 6.61 Å². The Morgan fingerprint density at radius 2 is 1.87 bits per heavy atom. The summed E-state index contributed by atoms with van der Waals surface area (Å²) >= 11 is 0. The van der Waals surface area contributed by atoms with Crippen molar-refractivity contribution in [1.29, 1.82) is 0 Å². The van der Waals surface area contributed by atoms with Crippen molar-refractivity contribution in [3.8, 4) is 0 Å². The van der Waals surface area contributed by atoms with Crippen LogP contribution in [0.4, 0.5) is 0 Å². The molecule has 0 amide bonds. The molecule has 2 unspecified atom stereocenters. The van der Waals surface area contributed by atoms with Crippen LogP contribution in [0.1, 0.15) is 45.1 Å². The monoisotopic (exact) mass is 206 g/mol. The zero-order valence-electron chi connectivity index (χ0n) is 10.1. The summed E-state index contributed by atoms with van der Waals surface area (Å²) in [6.45, 7) is 7.20. The third-order valence-corrected chi connectivity index (χ3v) is 2.85. The molecule has 0 aromatic heterocycles. The molecule has 2 rings (SSSR count). The molecule has 0 radical (unpaired) electrons. The van der Waals surface area contributed by atoms with E-state index in [1.807, 2.05) is 13.8 Å². The number of benzene rings is 1. The van der Waals surface area contributed by atoms with Crippen molar-refractivity contribution in [3.63, 3.8) is 0 Å². The summed E-state index contributed by atoms with van der Waals surface area (Å²) in [5.41, 5.74) is 1.40. The Balaban J connectivity index is 0.000000531. The topological polar surface area (TPSA) is 9.23 Å². The second-order valence-corrected chi connectivity index (χ2v) is 3.75. The van der Waals surface area contributed by atoms with Gasteiger partial charge >= 0.3 is 0 Å². The molecule has 1 heteroatoms. The summed E-state index contributed by atoms with van der Waals surface area (Å²) in [6, 6.07) is 10.6. The molecule has 84 valence electrons. The first-order valence-corrected chi connectivity index (χ1v) is 6.04. The van der Waals surface area contributed by atoms with Gasteiger partial charge in [0.1, 0.15) is 0 Å². The number of rotatable bonds is 2. The van der Waals surface area contributed by atoms with Gasteiger partial charge in [-0.05, 0) is 18.4 Å². The van der Waals surface area contributed by atoms with Crippen LogP contribution in [0, 0.1) is 0 Å². The maximum Gasteiger partial charge on any atom is 0.0641 e. The second kappa shape index (κ2) is 6.62. The third kappa shape index (κ3) is 3.35. The molecule has 1 aliphatic rings. The van der Waals surface area contributed by atoms with E-state index in [0.29, 0.717) is 12.0 Å². The lowest BCUT2D eigenvalue weighted by molar-refractivity contribution is 0.0932. The van der Waals surface area contributed by atoms with Crippen LogP contribution in [0.2, 0.25) is 0 Å². The van der Waals surface area contributed by atoms with E-state index in [1.165, 1.54) is 18.4 Å². The van der Waals surface area contributed by atoms with Crippen LogP contribution < -0.4 is 0 Å². The van der Waals surface area contributed by atoms with Crippen molar-refractivity contribution < 1.29 is 4.74 Å². The van der Waals surface area contributed by atoms with Crippen LogP contribution in [0.25, 0.3) is 0 Å². The highest BCUT2D eigenvalue weighted by Crippen LogP contribution is 2.27. The molecular formula is C14H22O. The minimum Gasteiger partial charge on any atom is -0.378 e. The highest BCUT2D eigenvalue weighted by molar-refractivity contribution is 5.20. The van der Waals surface area contributed by atoms with Crippen molar-refractivity contribution in [3.05, 3.63) is 35.9 Å². The predicted octanol–water partition coefficient (Wildman–Crippen LogP) is 4.00. The second-order valence-electron chi connectivity index (χ2n) is 3.75. The van der Waals surface area contributed by atoms with E-state index < -0.39 is 0 Å². The Bertz CT molecular complexity index is 249. The fraction of sp³-hybridized carbons (Fsp3) is 0.571. The SMILES string of the molecule is CC.CC(c1ccccc1)C1CCCO1. The fourth-order valence-corrected chi connectivity index (χ4v) is 1.97. The van der Waals surface area contributed by atoms with Gasteiger partial charge in [-0.15, -0.1) is 0 Å². The van der Waals surface area contributed by atoms with E-state index in [9.17, 15) is 0 Å². The van der Waals surface area contributed by atoms with E-state index in [-0.39, 0.29) is 0 Å². The van der Waals surface area contributed by atoms with E-state index in [2.05, 4.69) is 37.3 Å². The van der Waals surface area contributed by atoms with Crippen LogP contribution in [-0.2, 0) is 4.74 Å². The van der Waals surface area contributed by atoms with Gasteiger partial charge in [-0.1, -0.05) is 51.1 Å². The quantitative estimate of drug-likeness (QED) is 0.710. The molecule has 1 aromatic rings. The van der Waals surface area contributed by atoms with Crippen LogP contribution in [0.5, 0.6) is 0 Å². The maximum atomic E-state index is 5.67. The largest absolute Gasteiger partial charge is 0.378 e. The molecule has 0 saturated carbocycles. The van der Waals surface area contributed by atoms with Gasteiger partial charge in [-0.2, -0.15) is 0 Å². The fourth-order valence-electron chi connectivity index (χ4n) is 1.97. The Hall–Kier alpha value is -0.820. The molecule has 1 nitrogen and oxygen atoms in total. The molecule has 0 aliphatic carbocycles. The van der Waals surface area contributed by atoms with Gasteiger partial charge < -0.3 is 4.74 Å². The summed E-state index contributed by atoms with van der Waals surface area (Å²) in [7, 11) is 0. The minimum absolute atomic E-state index is 0.447. The molecule has 1 saturated heterocycles. The first kappa shape index (κ1) is 12.3. The standard InChI is InChI=1S/C12H16O.C2H6/c1-10(12-8-5-9-13-12)11-6-3-2-4-7-11;1-2/h2-4,6-7,10,12H,5,8-9H2,1H3;1-2H3. The molecule has 0 N–H and O–H groups in total. The summed E-state index contributed by atoms with van der Waals surface area (Å²) in [5, 5.41) is 0. The van der Waals surface area contributed by atoms with E-state index in [1.54, 1.807) is 0 Å². The van der Waals surface area contributed by atoms with Crippen molar-refractivity contribution in [1.82, 2.24) is 0 Å². The van der Waals surface area contributed by atoms with Gasteiger partial charge in [0.2, 0.25) is 0 Å². The molecule has 1 fully saturated rings. The van der Waals surface area contributed by atoms with E-state index >= 15 is 0 Å². The highest BCUT2D eigenvalue weighted by Gasteiger charge is 2.22. The first-order chi connectivity index (χ1) is 7.38. The van der Waals surface area contributed by atoms with E-state index in [4.69, 9.17) is 4.74 Å². The van der Waals surface area contributed by atoms with Crippen LogP contribution >= 0.6 is 0 Å². The Morgan fingerprint density at radius 1 is 1.20 bits per heavy atom. The lowest BCUT2D eigenvalue weighted by atomic mass is 9.94. The lowest BCUT2D eigenvalue weighted by Gasteiger charge is -2.18. The molecular weight excluding hydrogens is 184 g/mol. The zero-order chi connectivity index (χ0) is 11.1. The van der Waals surface area contributed by atoms with E-state index in [0.717, 1.165) is 6.61 Å². The molecule has 2 atom stereocenters. The number of hydrogen-bond donors (Lipinski definition) is 0. The Kier molecular flexibility index (Phi) is 5.41. The van der Waals surface area contributed by atoms with Gasteiger partial charge in [-0.3, -0.25) is 0 Å². The molecule has 1 heterocycles. The van der Waals surface area contributed by atoms with Gasteiger partial charge in [-0.25, -0.2) is 0 Å². The van der Waals surface area contributed by atoms with Crippen molar-refractivity contribution >= 4 is 0 Å². The zero-order valence-corrected chi connectivity index (χ0v) is 10.1. The summed E-state index contributed by atoms with van der Waals surface area (Å²) in [4.78, 5) is 0. The lowest BCUT2D eigenvalue weighted by Crippen LogP contribution is -2.14. The van der Waals surface area contributed by atoms with Gasteiger partial charge in [0.05, 0.1) is 6.10 Å². The maximum absolute atomic E-state index is 5.67. The molecule has 0 bridgehead atoms. The third-order valence-electron chi connectivity index (χ3n) is 2.85. The highest BCUT2D eigenvalue weighted by atomic mass is 16.5. The van der Waals surface area contributed by atoms with Crippen molar-refractivity contribution in [2.45, 2.75) is 45.6 Å². The number of ether oxygens (including phenoxy) is 1. The molecule has 15 heavy (non-hydrogen) atoms. The Morgan fingerprint density at radius 3 is 2.40 bits per heavy atom. The summed E-state index contributed by atoms with van der Waals surface area (Å²) < 4.78 is 5.67. The van der Waals surface area contributed by atoms with Crippen LogP contribution in [-0.4, -0.2) is 12.7 Å². The minimum atomic E-state index is 0.447. The molecule has 1 aromatic carbocycles. The van der Waals surface area contributed by atoms with Gasteiger partial charge in [0.25, 0.3) is 0 Å². The molecule has 1 aliphatic heterocycles. The van der Waals surface area contributed by atoms with Crippen LogP contribution in [0.3, 0.4) is 0 Å². The summed E-state index contributed by atoms with van der Waals surface area (Å²) in [6.07, 6.45) is 2.89. The Labute approximate surface area is 93.5 Å². The van der Waals surface area contributed by atoms with Gasteiger partial charge in [0, 0.05) is 12.5 Å². The predicted molar refractivity (Wildman–Crippen MR) is 65.2 cm³/mol. The smallest absolute Gasteiger partial charge is 0.0641 e. The average molecular weight is 206 g/mol. The molecule has 0 spiro atoms. The van der Waals surface area contributed by atoms with Gasteiger partial charge in [0.15, 0.2) is 0 Å². The number of hydrogen-bond acceptors (Lipinski definition) is 1. The normalized spacial score (nSPS) is 21.7. The summed E-state index contributed by atoms with van der Waals surface area (Å²) in [5.74, 6) is 0.545. The van der Waals surface area contributed by atoms with Crippen LogP contribution in [0.15, 0.2) is 30.3 Å². The average Bonchev–Trinajstić information content (AvgIpc) is 2.85.